The van der Waals surface area contributed by atoms with Gasteiger partial charge in [-0.15, -0.1) is 0 Å². The summed E-state index contributed by atoms with van der Waals surface area (Å²) in [5, 5.41) is 3.03. The van der Waals surface area contributed by atoms with Gasteiger partial charge < -0.3 is 15.2 Å². The van der Waals surface area contributed by atoms with Gasteiger partial charge >= 0.3 is 0 Å². The molecule has 6 heteroatoms. The first-order valence-electron chi connectivity index (χ1n) is 9.67. The number of likely N-dealkylation sites (N-methyl/N-ethyl adjacent to an activating group) is 1. The number of hydrogen-bond acceptors (Lipinski definition) is 4. The molecule has 4 bridgehead atoms. The summed E-state index contributed by atoms with van der Waals surface area (Å²) < 4.78 is 0. The third-order valence-corrected chi connectivity index (χ3v) is 5.74. The van der Waals surface area contributed by atoms with E-state index >= 15 is 0 Å². The molecule has 142 valence electrons. The van der Waals surface area contributed by atoms with Gasteiger partial charge in [0, 0.05) is 43.0 Å². The lowest BCUT2D eigenvalue weighted by molar-refractivity contribution is 0.0940. The number of nitrogens with zero attached hydrogens (tertiary/aromatic N) is 3. The minimum atomic E-state index is -0.0101. The largest absolute Gasteiger partial charge is 0.357 e. The van der Waals surface area contributed by atoms with Crippen LogP contribution in [0.3, 0.4) is 0 Å². The lowest BCUT2D eigenvalue weighted by Gasteiger charge is -2.23. The summed E-state index contributed by atoms with van der Waals surface area (Å²) in [6.07, 6.45) is 3.16. The van der Waals surface area contributed by atoms with E-state index < -0.39 is 0 Å². The third-order valence-electron chi connectivity index (χ3n) is 5.74. The second kappa shape index (κ2) is 6.19. The highest BCUT2D eigenvalue weighted by Gasteiger charge is 2.28. The molecule has 0 fully saturated rings. The Kier molecular flexibility index (Phi) is 3.75. The van der Waals surface area contributed by atoms with Gasteiger partial charge in [-0.1, -0.05) is 23.8 Å². The first-order valence-corrected chi connectivity index (χ1v) is 9.67. The number of carbonyl (C=O) groups excluding carboxylic acids is 1. The minimum Gasteiger partial charge on any atom is -0.357 e. The van der Waals surface area contributed by atoms with Crippen molar-refractivity contribution in [1.29, 1.82) is 0 Å². The van der Waals surface area contributed by atoms with Crippen molar-refractivity contribution in [3.8, 4) is 11.3 Å². The number of benzene rings is 1. The molecule has 0 saturated heterocycles. The number of hydrogen-bond donors (Lipinski definition) is 2. The number of nitrogens with one attached hydrogen (secondary N) is 2. The molecule has 1 atom stereocenters. The van der Waals surface area contributed by atoms with Crippen LogP contribution in [-0.2, 0) is 0 Å². The Morgan fingerprint density at radius 3 is 2.89 bits per heavy atom. The number of rotatable bonds is 0. The standard InChI is InChI=1S/C22H23N5O/c1-12-7-8-14-10-23-22(28)16-9-18(25-19(14)16)15-5-4-6-17-20(15)26-21(13(2)24-17)27(3)11-12/h4-7,9,14,25H,8,10-11H2,1-3H3,(H,23,28)/b12-7-/t14-/m0/s1. The number of aromatic nitrogens is 3. The van der Waals surface area contributed by atoms with Gasteiger partial charge in [0.2, 0.25) is 0 Å². The average Bonchev–Trinajstić information content (AvgIpc) is 3.12. The maximum Gasteiger partial charge on any atom is 0.253 e. The van der Waals surface area contributed by atoms with Gasteiger partial charge in [0.05, 0.1) is 16.8 Å². The van der Waals surface area contributed by atoms with Crippen LogP contribution in [0.15, 0.2) is 35.9 Å². The lowest BCUT2D eigenvalue weighted by Crippen LogP contribution is -2.34. The van der Waals surface area contributed by atoms with Gasteiger partial charge in [-0.2, -0.15) is 0 Å². The molecule has 0 radical (unpaired) electrons. The Labute approximate surface area is 163 Å². The van der Waals surface area contributed by atoms with Gasteiger partial charge in [0.15, 0.2) is 5.82 Å². The topological polar surface area (TPSA) is 73.9 Å². The summed E-state index contributed by atoms with van der Waals surface area (Å²) in [5.74, 6) is 1.13. The molecule has 0 unspecified atom stereocenters. The summed E-state index contributed by atoms with van der Waals surface area (Å²) in [4.78, 5) is 28.0. The van der Waals surface area contributed by atoms with E-state index in [0.29, 0.717) is 6.54 Å². The number of para-hydroxylation sites is 1. The van der Waals surface area contributed by atoms with Gasteiger partial charge in [0.25, 0.3) is 5.91 Å². The Morgan fingerprint density at radius 2 is 2.04 bits per heavy atom. The highest BCUT2D eigenvalue weighted by molar-refractivity contribution is 6.00. The summed E-state index contributed by atoms with van der Waals surface area (Å²) in [7, 11) is 2.06. The van der Waals surface area contributed by atoms with Crippen LogP contribution < -0.4 is 10.2 Å². The molecule has 5 rings (SSSR count). The molecule has 1 amide bonds. The fourth-order valence-electron chi connectivity index (χ4n) is 4.33. The Balaban J connectivity index is 1.81. The van der Waals surface area contributed by atoms with Crippen molar-refractivity contribution in [1.82, 2.24) is 20.3 Å². The first-order chi connectivity index (χ1) is 13.5. The predicted octanol–water partition coefficient (Wildman–Crippen LogP) is 3.55. The van der Waals surface area contributed by atoms with Gasteiger partial charge in [-0.25, -0.2) is 9.97 Å². The molecular weight excluding hydrogens is 350 g/mol. The summed E-state index contributed by atoms with van der Waals surface area (Å²) in [6.45, 7) is 5.60. The molecule has 2 N–H and O–H groups in total. The van der Waals surface area contributed by atoms with Crippen LogP contribution in [0, 0.1) is 6.92 Å². The monoisotopic (exact) mass is 373 g/mol. The molecule has 28 heavy (non-hydrogen) atoms. The fraction of sp³-hybridized carbons (Fsp3) is 0.318. The molecular formula is C22H23N5O. The molecule has 2 aromatic heterocycles. The number of amides is 1. The molecule has 0 saturated carbocycles. The van der Waals surface area contributed by atoms with Crippen LogP contribution in [0.1, 0.15) is 41.0 Å². The zero-order chi connectivity index (χ0) is 19.4. The quantitative estimate of drug-likeness (QED) is 0.591. The van der Waals surface area contributed by atoms with E-state index in [1.54, 1.807) is 0 Å². The van der Waals surface area contributed by atoms with Gasteiger partial charge in [-0.05, 0) is 32.4 Å². The molecule has 2 aliphatic heterocycles. The van der Waals surface area contributed by atoms with Crippen molar-refractivity contribution in [3.05, 3.63) is 52.9 Å². The summed E-state index contributed by atoms with van der Waals surface area (Å²) in [5.41, 5.74) is 7.57. The molecule has 3 aromatic rings. The lowest BCUT2D eigenvalue weighted by atomic mass is 9.93. The number of allylic oxidation sites excluding steroid dienone is 1. The first kappa shape index (κ1) is 17.0. The molecule has 2 aliphatic rings. The van der Waals surface area contributed by atoms with Crippen molar-refractivity contribution in [2.24, 2.45) is 0 Å². The van der Waals surface area contributed by atoms with Crippen LogP contribution in [-0.4, -0.2) is 41.0 Å². The van der Waals surface area contributed by atoms with Gasteiger partial charge in [-0.3, -0.25) is 4.79 Å². The maximum absolute atomic E-state index is 12.4. The zero-order valence-corrected chi connectivity index (χ0v) is 16.3. The maximum atomic E-state index is 12.4. The SMILES string of the molecule is C/C1=C/C[C@H]2CNC(=O)c3cc([nH]c32)-c2cccc3nc(C)c(nc23)N(C)C1. The van der Waals surface area contributed by atoms with E-state index in [1.807, 2.05) is 31.2 Å². The van der Waals surface area contributed by atoms with Gasteiger partial charge in [0.1, 0.15) is 5.52 Å². The predicted molar refractivity (Wildman–Crippen MR) is 111 cm³/mol. The molecule has 1 aromatic carbocycles. The number of fused-ring (bicyclic) bond motifs is 3. The average molecular weight is 373 g/mol. The number of aryl methyl sites for hydroxylation is 1. The minimum absolute atomic E-state index is 0.0101. The van der Waals surface area contributed by atoms with Crippen LogP contribution in [0.5, 0.6) is 0 Å². The molecule has 6 nitrogen and oxygen atoms in total. The van der Waals surface area contributed by atoms with E-state index in [1.165, 1.54) is 5.57 Å². The third kappa shape index (κ3) is 2.59. The number of carbonyl (C=O) groups is 1. The van der Waals surface area contributed by atoms with Crippen LogP contribution >= 0.6 is 0 Å². The smallest absolute Gasteiger partial charge is 0.253 e. The number of aromatic amines is 1. The highest BCUT2D eigenvalue weighted by atomic mass is 16.1. The number of anilines is 1. The van der Waals surface area contributed by atoms with Crippen LogP contribution in [0.4, 0.5) is 5.82 Å². The summed E-state index contributed by atoms with van der Waals surface area (Å²) >= 11 is 0. The number of H-pyrrole nitrogens is 1. The van der Waals surface area contributed by atoms with Crippen molar-refractivity contribution < 1.29 is 4.79 Å². The molecule has 0 spiro atoms. The van der Waals surface area contributed by atoms with Crippen molar-refractivity contribution in [2.45, 2.75) is 26.2 Å². The van der Waals surface area contributed by atoms with E-state index in [4.69, 9.17) is 9.97 Å². The fourth-order valence-corrected chi connectivity index (χ4v) is 4.33. The van der Waals surface area contributed by atoms with Crippen LogP contribution in [0.25, 0.3) is 22.3 Å². The van der Waals surface area contributed by atoms with E-state index in [9.17, 15) is 4.79 Å². The van der Waals surface area contributed by atoms with Crippen molar-refractivity contribution in [2.75, 3.05) is 25.0 Å². The molecule has 0 aliphatic carbocycles. The van der Waals surface area contributed by atoms with E-state index in [0.717, 1.165) is 58.0 Å². The summed E-state index contributed by atoms with van der Waals surface area (Å²) in [6, 6.07) is 7.99. The Hall–Kier alpha value is -3.15. The zero-order valence-electron chi connectivity index (χ0n) is 16.3. The Morgan fingerprint density at radius 1 is 1.18 bits per heavy atom. The second-order valence-corrected chi connectivity index (χ2v) is 7.87. The van der Waals surface area contributed by atoms with E-state index in [2.05, 4.69) is 35.2 Å². The van der Waals surface area contributed by atoms with E-state index in [-0.39, 0.29) is 11.8 Å². The van der Waals surface area contributed by atoms with Crippen molar-refractivity contribution >= 4 is 22.8 Å². The molecule has 4 heterocycles. The highest BCUT2D eigenvalue weighted by Crippen LogP contribution is 2.34. The Bertz CT molecular complexity index is 1140. The van der Waals surface area contributed by atoms with Crippen LogP contribution in [0.2, 0.25) is 0 Å². The van der Waals surface area contributed by atoms with Crippen molar-refractivity contribution in [3.63, 3.8) is 0 Å². The second-order valence-electron chi connectivity index (χ2n) is 7.87. The normalized spacial score (nSPS) is 20.8.